The molecule has 0 fully saturated rings. The molecule has 7 nitrogen and oxygen atoms in total. The van der Waals surface area contributed by atoms with Crippen LogP contribution in [-0.2, 0) is 25.5 Å². The topological polar surface area (TPSA) is 87.7 Å². The fraction of sp³-hybridized carbons (Fsp3) is 0.318. The summed E-state index contributed by atoms with van der Waals surface area (Å²) in [6.45, 7) is 2.45. The van der Waals surface area contributed by atoms with Crippen LogP contribution < -0.4 is 15.5 Å². The van der Waals surface area contributed by atoms with Crippen molar-refractivity contribution in [1.82, 2.24) is 5.32 Å². The lowest BCUT2D eigenvalue weighted by Crippen LogP contribution is -2.31. The molecule has 0 aliphatic carbocycles. The Morgan fingerprint density at radius 1 is 1.00 bits per heavy atom. The lowest BCUT2D eigenvalue weighted by atomic mass is 10.1. The molecule has 2 rings (SSSR count). The highest BCUT2D eigenvalue weighted by molar-refractivity contribution is 5.88. The van der Waals surface area contributed by atoms with E-state index in [1.54, 1.807) is 24.3 Å². The average Bonchev–Trinajstić information content (AvgIpc) is 2.71. The predicted molar refractivity (Wildman–Crippen MR) is 113 cm³/mol. The summed E-state index contributed by atoms with van der Waals surface area (Å²) < 4.78 is 5.02. The summed E-state index contributed by atoms with van der Waals surface area (Å²) in [4.78, 5) is 36.8. The summed E-state index contributed by atoms with van der Waals surface area (Å²) in [6, 6.07) is 16.9. The van der Waals surface area contributed by atoms with Gasteiger partial charge in [-0.15, -0.1) is 0 Å². The number of esters is 1. The van der Waals surface area contributed by atoms with Gasteiger partial charge in [0.1, 0.15) is 0 Å². The van der Waals surface area contributed by atoms with Crippen molar-refractivity contribution in [2.45, 2.75) is 19.8 Å². The van der Waals surface area contributed by atoms with E-state index in [1.165, 1.54) is 6.92 Å². The van der Waals surface area contributed by atoms with E-state index in [9.17, 15) is 14.4 Å². The highest BCUT2D eigenvalue weighted by Crippen LogP contribution is 2.11. The van der Waals surface area contributed by atoms with Crippen molar-refractivity contribution < 1.29 is 19.1 Å². The Hall–Kier alpha value is -3.35. The molecule has 0 heterocycles. The van der Waals surface area contributed by atoms with Crippen molar-refractivity contribution in [3.63, 3.8) is 0 Å². The summed E-state index contributed by atoms with van der Waals surface area (Å²) in [7, 11) is 2.00. The van der Waals surface area contributed by atoms with Gasteiger partial charge in [0.2, 0.25) is 5.91 Å². The Bertz CT molecular complexity index is 807. The van der Waals surface area contributed by atoms with E-state index >= 15 is 0 Å². The highest BCUT2D eigenvalue weighted by Gasteiger charge is 2.09. The van der Waals surface area contributed by atoms with E-state index in [1.807, 2.05) is 37.4 Å². The number of amides is 2. The first-order chi connectivity index (χ1) is 13.9. The number of nitrogens with zero attached hydrogens (tertiary/aromatic N) is 1. The third-order valence-corrected chi connectivity index (χ3v) is 4.18. The van der Waals surface area contributed by atoms with Gasteiger partial charge in [-0.3, -0.25) is 14.4 Å². The molecule has 2 amide bonds. The predicted octanol–water partition coefficient (Wildman–Crippen LogP) is 2.37. The molecule has 29 heavy (non-hydrogen) atoms. The first-order valence-electron chi connectivity index (χ1n) is 9.49. The number of hydrogen-bond donors (Lipinski definition) is 2. The Labute approximate surface area is 171 Å². The van der Waals surface area contributed by atoms with Crippen molar-refractivity contribution >= 4 is 29.2 Å². The Morgan fingerprint density at radius 2 is 1.69 bits per heavy atom. The van der Waals surface area contributed by atoms with Gasteiger partial charge in [0.15, 0.2) is 6.61 Å². The quantitative estimate of drug-likeness (QED) is 0.475. The molecule has 0 saturated heterocycles. The molecule has 0 atom stereocenters. The zero-order valence-electron chi connectivity index (χ0n) is 16.8. The number of nitrogens with one attached hydrogen (secondary N) is 2. The smallest absolute Gasteiger partial charge is 0.310 e. The van der Waals surface area contributed by atoms with Crippen molar-refractivity contribution in [2.75, 3.05) is 37.0 Å². The van der Waals surface area contributed by atoms with Crippen LogP contribution in [0.15, 0.2) is 54.6 Å². The number of anilines is 2. The summed E-state index contributed by atoms with van der Waals surface area (Å²) in [5.74, 6) is -0.951. The molecule has 7 heteroatoms. The van der Waals surface area contributed by atoms with Gasteiger partial charge >= 0.3 is 5.97 Å². The number of benzene rings is 2. The molecule has 0 bridgehead atoms. The van der Waals surface area contributed by atoms with Gasteiger partial charge in [0, 0.05) is 38.4 Å². The van der Waals surface area contributed by atoms with Gasteiger partial charge < -0.3 is 20.3 Å². The van der Waals surface area contributed by atoms with E-state index in [2.05, 4.69) is 15.5 Å². The van der Waals surface area contributed by atoms with Gasteiger partial charge in [0.25, 0.3) is 5.91 Å². The van der Waals surface area contributed by atoms with Crippen LogP contribution in [0.4, 0.5) is 11.4 Å². The minimum Gasteiger partial charge on any atom is -0.455 e. The zero-order valence-corrected chi connectivity index (χ0v) is 16.8. The Kier molecular flexibility index (Phi) is 8.69. The fourth-order valence-electron chi connectivity index (χ4n) is 2.68. The Balaban J connectivity index is 1.60. The number of para-hydroxylation sites is 1. The zero-order chi connectivity index (χ0) is 21.1. The normalized spacial score (nSPS) is 10.1. The number of hydrogen-bond acceptors (Lipinski definition) is 5. The van der Waals surface area contributed by atoms with Crippen LogP contribution in [0.2, 0.25) is 0 Å². The number of ether oxygens (including phenoxy) is 1. The second-order valence-corrected chi connectivity index (χ2v) is 6.68. The van der Waals surface area contributed by atoms with Crippen LogP contribution in [-0.4, -0.2) is 44.5 Å². The summed E-state index contributed by atoms with van der Waals surface area (Å²) >= 11 is 0. The molecule has 2 N–H and O–H groups in total. The second-order valence-electron chi connectivity index (χ2n) is 6.68. The number of carbonyl (C=O) groups is 3. The summed E-state index contributed by atoms with van der Waals surface area (Å²) in [5, 5.41) is 5.41. The third-order valence-electron chi connectivity index (χ3n) is 4.18. The maximum absolute atomic E-state index is 11.9. The lowest BCUT2D eigenvalue weighted by Gasteiger charge is -2.19. The van der Waals surface area contributed by atoms with Crippen molar-refractivity contribution in [3.05, 3.63) is 60.2 Å². The standard InChI is InChI=1S/C22H27N3O4/c1-17(26)24-19-11-9-18(10-12-19)15-22(28)29-16-21(27)23-13-6-14-25(2)20-7-4-3-5-8-20/h3-5,7-12H,6,13-16H2,1-2H3,(H,23,27)(H,24,26). The van der Waals surface area contributed by atoms with Gasteiger partial charge in [-0.05, 0) is 36.2 Å². The molecular weight excluding hydrogens is 370 g/mol. The molecule has 0 aromatic heterocycles. The van der Waals surface area contributed by atoms with E-state index in [0.29, 0.717) is 12.2 Å². The van der Waals surface area contributed by atoms with Crippen LogP contribution in [0, 0.1) is 0 Å². The second kappa shape index (κ2) is 11.5. The van der Waals surface area contributed by atoms with Crippen molar-refractivity contribution in [1.29, 1.82) is 0 Å². The van der Waals surface area contributed by atoms with E-state index in [0.717, 1.165) is 24.2 Å². The summed E-state index contributed by atoms with van der Waals surface area (Å²) in [5.41, 5.74) is 2.53. The van der Waals surface area contributed by atoms with Gasteiger partial charge in [-0.1, -0.05) is 30.3 Å². The molecule has 0 aliphatic heterocycles. The van der Waals surface area contributed by atoms with Gasteiger partial charge in [-0.25, -0.2) is 0 Å². The van der Waals surface area contributed by atoms with Crippen LogP contribution in [0.1, 0.15) is 18.9 Å². The van der Waals surface area contributed by atoms with Crippen LogP contribution >= 0.6 is 0 Å². The van der Waals surface area contributed by atoms with Crippen molar-refractivity contribution in [3.8, 4) is 0 Å². The maximum atomic E-state index is 11.9. The Morgan fingerprint density at radius 3 is 2.34 bits per heavy atom. The minimum absolute atomic E-state index is 0.0650. The monoisotopic (exact) mass is 397 g/mol. The molecule has 0 unspecified atom stereocenters. The van der Waals surface area contributed by atoms with Crippen LogP contribution in [0.3, 0.4) is 0 Å². The van der Waals surface area contributed by atoms with Crippen LogP contribution in [0.5, 0.6) is 0 Å². The van der Waals surface area contributed by atoms with Crippen molar-refractivity contribution in [2.24, 2.45) is 0 Å². The van der Waals surface area contributed by atoms with E-state index in [-0.39, 0.29) is 24.8 Å². The molecule has 154 valence electrons. The van der Waals surface area contributed by atoms with Crippen LogP contribution in [0.25, 0.3) is 0 Å². The number of carbonyl (C=O) groups excluding carboxylic acids is 3. The molecule has 2 aromatic rings. The molecule has 2 aromatic carbocycles. The largest absolute Gasteiger partial charge is 0.455 e. The maximum Gasteiger partial charge on any atom is 0.310 e. The molecular formula is C22H27N3O4. The molecule has 0 radical (unpaired) electrons. The van der Waals surface area contributed by atoms with E-state index < -0.39 is 5.97 Å². The molecule has 0 aliphatic rings. The number of rotatable bonds is 10. The SMILES string of the molecule is CC(=O)Nc1ccc(CC(=O)OCC(=O)NCCCN(C)c2ccccc2)cc1. The molecule has 0 saturated carbocycles. The van der Waals surface area contributed by atoms with Gasteiger partial charge in [0.05, 0.1) is 6.42 Å². The van der Waals surface area contributed by atoms with Gasteiger partial charge in [-0.2, -0.15) is 0 Å². The molecule has 0 spiro atoms. The summed E-state index contributed by atoms with van der Waals surface area (Å²) in [6.07, 6.45) is 0.848. The third kappa shape index (κ3) is 8.47. The average molecular weight is 397 g/mol. The minimum atomic E-state index is -0.476. The lowest BCUT2D eigenvalue weighted by molar-refractivity contribution is -0.147. The fourth-order valence-corrected chi connectivity index (χ4v) is 2.68. The first kappa shape index (κ1) is 21.9. The highest BCUT2D eigenvalue weighted by atomic mass is 16.5. The van der Waals surface area contributed by atoms with E-state index in [4.69, 9.17) is 4.74 Å². The first-order valence-corrected chi connectivity index (χ1v) is 9.49.